The van der Waals surface area contributed by atoms with Crippen LogP contribution in [0, 0.1) is 3.57 Å². The highest BCUT2D eigenvalue weighted by Gasteiger charge is 2.03. The van der Waals surface area contributed by atoms with E-state index in [1.165, 1.54) is 0 Å². The van der Waals surface area contributed by atoms with Gasteiger partial charge in [0.25, 0.3) is 5.95 Å². The zero-order chi connectivity index (χ0) is 9.97. The van der Waals surface area contributed by atoms with Crippen LogP contribution >= 0.6 is 34.2 Å². The fourth-order valence-corrected chi connectivity index (χ4v) is 1.83. The summed E-state index contributed by atoms with van der Waals surface area (Å²) in [5, 5.41) is 16.8. The summed E-state index contributed by atoms with van der Waals surface area (Å²) in [6.07, 6.45) is 0. The van der Waals surface area contributed by atoms with Gasteiger partial charge in [-0.1, -0.05) is 16.7 Å². The second-order valence-corrected chi connectivity index (χ2v) is 4.14. The molecule has 0 bridgehead atoms. The first kappa shape index (κ1) is 9.66. The van der Waals surface area contributed by atoms with Gasteiger partial charge in [0.15, 0.2) is 0 Å². The number of aromatic nitrogens is 4. The fraction of sp³-hybridized carbons (Fsp3) is 0. The molecule has 7 heteroatoms. The van der Waals surface area contributed by atoms with Crippen LogP contribution in [0.15, 0.2) is 18.2 Å². The van der Waals surface area contributed by atoms with Crippen LogP contribution in [0.25, 0.3) is 0 Å². The van der Waals surface area contributed by atoms with Crippen molar-refractivity contribution in [2.75, 3.05) is 5.32 Å². The lowest BCUT2D eigenvalue weighted by atomic mass is 10.3. The third-order valence-electron chi connectivity index (χ3n) is 1.52. The van der Waals surface area contributed by atoms with Crippen molar-refractivity contribution in [1.29, 1.82) is 0 Å². The molecule has 0 saturated carbocycles. The second kappa shape index (κ2) is 4.09. The number of aromatic amines is 1. The Morgan fingerprint density at radius 2 is 2.29 bits per heavy atom. The van der Waals surface area contributed by atoms with Crippen molar-refractivity contribution in [3.63, 3.8) is 0 Å². The molecule has 1 aromatic carbocycles. The molecule has 0 aliphatic heterocycles. The molecule has 0 atom stereocenters. The molecule has 1 aromatic heterocycles. The van der Waals surface area contributed by atoms with Crippen LogP contribution in [-0.2, 0) is 0 Å². The first-order chi connectivity index (χ1) is 6.75. The van der Waals surface area contributed by atoms with Crippen LogP contribution in [0.3, 0.4) is 0 Å². The Labute approximate surface area is 98.4 Å². The molecule has 1 heterocycles. The van der Waals surface area contributed by atoms with E-state index in [0.717, 1.165) is 9.26 Å². The Morgan fingerprint density at radius 3 is 2.93 bits per heavy atom. The van der Waals surface area contributed by atoms with E-state index < -0.39 is 0 Å². The van der Waals surface area contributed by atoms with Crippen molar-refractivity contribution in [2.24, 2.45) is 0 Å². The van der Waals surface area contributed by atoms with Gasteiger partial charge in [-0.15, -0.1) is 5.10 Å². The Kier molecular flexibility index (Phi) is 2.82. The summed E-state index contributed by atoms with van der Waals surface area (Å²) in [6, 6.07) is 5.65. The van der Waals surface area contributed by atoms with Gasteiger partial charge in [0.05, 0.1) is 10.7 Å². The summed E-state index contributed by atoms with van der Waals surface area (Å²) in [5.74, 6) is 0.396. The monoisotopic (exact) mass is 321 g/mol. The topological polar surface area (TPSA) is 66.5 Å². The quantitative estimate of drug-likeness (QED) is 0.832. The highest BCUT2D eigenvalue weighted by atomic mass is 127. The number of anilines is 2. The molecule has 0 saturated heterocycles. The molecule has 0 spiro atoms. The van der Waals surface area contributed by atoms with E-state index in [1.807, 2.05) is 18.2 Å². The molecule has 14 heavy (non-hydrogen) atoms. The molecule has 2 rings (SSSR count). The molecule has 0 aliphatic carbocycles. The fourth-order valence-electron chi connectivity index (χ4n) is 0.926. The van der Waals surface area contributed by atoms with Crippen LogP contribution in [0.4, 0.5) is 11.6 Å². The van der Waals surface area contributed by atoms with Crippen molar-refractivity contribution >= 4 is 45.8 Å². The molecular weight excluding hydrogens is 316 g/mol. The van der Waals surface area contributed by atoms with E-state index in [2.05, 4.69) is 48.5 Å². The van der Waals surface area contributed by atoms with Gasteiger partial charge >= 0.3 is 0 Å². The normalized spacial score (nSPS) is 10.1. The molecular formula is C7H5ClIN5. The average molecular weight is 322 g/mol. The average Bonchev–Trinajstić information content (AvgIpc) is 2.62. The zero-order valence-electron chi connectivity index (χ0n) is 6.83. The number of nitrogens with one attached hydrogen (secondary N) is 2. The van der Waals surface area contributed by atoms with E-state index >= 15 is 0 Å². The van der Waals surface area contributed by atoms with Crippen molar-refractivity contribution < 1.29 is 0 Å². The predicted molar refractivity (Wildman–Crippen MR) is 61.6 cm³/mol. The minimum absolute atomic E-state index is 0.396. The maximum absolute atomic E-state index is 5.99. The minimum atomic E-state index is 0.396. The molecule has 0 aliphatic rings. The lowest BCUT2D eigenvalue weighted by molar-refractivity contribution is 0.881. The Morgan fingerprint density at radius 1 is 1.43 bits per heavy atom. The number of tetrazole rings is 1. The summed E-state index contributed by atoms with van der Waals surface area (Å²) in [6.45, 7) is 0. The van der Waals surface area contributed by atoms with Gasteiger partial charge < -0.3 is 5.32 Å². The Bertz CT molecular complexity index is 430. The second-order valence-electron chi connectivity index (χ2n) is 2.48. The molecule has 0 radical (unpaired) electrons. The van der Waals surface area contributed by atoms with Gasteiger partial charge in [-0.05, 0) is 46.0 Å². The first-order valence-corrected chi connectivity index (χ1v) is 5.17. The number of H-pyrrole nitrogens is 1. The SMILES string of the molecule is Clc1cc(I)ccc1Nc1nn[nH]n1. The maximum Gasteiger partial charge on any atom is 0.267 e. The van der Waals surface area contributed by atoms with Crippen LogP contribution in [0.1, 0.15) is 0 Å². The summed E-state index contributed by atoms with van der Waals surface area (Å²) < 4.78 is 1.08. The zero-order valence-corrected chi connectivity index (χ0v) is 9.74. The van der Waals surface area contributed by atoms with Gasteiger partial charge in [-0.25, -0.2) is 0 Å². The van der Waals surface area contributed by atoms with Gasteiger partial charge in [0.2, 0.25) is 0 Å². The van der Waals surface area contributed by atoms with E-state index in [1.54, 1.807) is 0 Å². The summed E-state index contributed by atoms with van der Waals surface area (Å²) in [4.78, 5) is 0. The number of hydrogen-bond acceptors (Lipinski definition) is 4. The van der Waals surface area contributed by atoms with E-state index in [-0.39, 0.29) is 0 Å². The standard InChI is InChI=1S/C7H5ClIN5/c8-5-3-4(9)1-2-6(5)10-7-11-13-14-12-7/h1-3H,(H2,10,11,12,13,14). The summed E-state index contributed by atoms with van der Waals surface area (Å²) in [7, 11) is 0. The number of hydrogen-bond donors (Lipinski definition) is 2. The van der Waals surface area contributed by atoms with Gasteiger partial charge in [-0.3, -0.25) is 0 Å². The van der Waals surface area contributed by atoms with Crippen molar-refractivity contribution in [2.45, 2.75) is 0 Å². The highest BCUT2D eigenvalue weighted by Crippen LogP contribution is 2.25. The number of rotatable bonds is 2. The minimum Gasteiger partial charge on any atom is -0.320 e. The van der Waals surface area contributed by atoms with Crippen molar-refractivity contribution in [3.05, 3.63) is 26.8 Å². The molecule has 0 unspecified atom stereocenters. The molecule has 0 fully saturated rings. The maximum atomic E-state index is 5.99. The van der Waals surface area contributed by atoms with Crippen molar-refractivity contribution in [1.82, 2.24) is 20.6 Å². The van der Waals surface area contributed by atoms with Crippen LogP contribution in [-0.4, -0.2) is 20.6 Å². The van der Waals surface area contributed by atoms with E-state index in [4.69, 9.17) is 11.6 Å². The predicted octanol–water partition coefficient (Wildman–Crippen LogP) is 2.20. The third-order valence-corrected chi connectivity index (χ3v) is 2.51. The Balaban J connectivity index is 2.25. The lowest BCUT2D eigenvalue weighted by Crippen LogP contribution is -1.93. The van der Waals surface area contributed by atoms with Crippen LogP contribution in [0.2, 0.25) is 5.02 Å². The lowest BCUT2D eigenvalue weighted by Gasteiger charge is -2.03. The third kappa shape index (κ3) is 2.13. The summed E-state index contributed by atoms with van der Waals surface area (Å²) >= 11 is 8.18. The molecule has 72 valence electrons. The Hall–Kier alpha value is -0.890. The number of nitrogens with zero attached hydrogens (tertiary/aromatic N) is 3. The molecule has 2 N–H and O–H groups in total. The number of benzene rings is 1. The van der Waals surface area contributed by atoms with Gasteiger partial charge in [0.1, 0.15) is 0 Å². The van der Waals surface area contributed by atoms with Crippen LogP contribution < -0.4 is 5.32 Å². The smallest absolute Gasteiger partial charge is 0.267 e. The molecule has 0 amide bonds. The van der Waals surface area contributed by atoms with Crippen LogP contribution in [0.5, 0.6) is 0 Å². The number of halogens is 2. The van der Waals surface area contributed by atoms with Gasteiger partial charge in [0, 0.05) is 3.57 Å². The molecule has 2 aromatic rings. The highest BCUT2D eigenvalue weighted by molar-refractivity contribution is 14.1. The van der Waals surface area contributed by atoms with Gasteiger partial charge in [-0.2, -0.15) is 5.21 Å². The van der Waals surface area contributed by atoms with E-state index in [0.29, 0.717) is 11.0 Å². The molecule has 5 nitrogen and oxygen atoms in total. The van der Waals surface area contributed by atoms with E-state index in [9.17, 15) is 0 Å². The first-order valence-electron chi connectivity index (χ1n) is 3.71. The van der Waals surface area contributed by atoms with Crippen molar-refractivity contribution in [3.8, 4) is 0 Å². The largest absolute Gasteiger partial charge is 0.320 e. The summed E-state index contributed by atoms with van der Waals surface area (Å²) in [5.41, 5.74) is 0.758.